The molecule has 0 radical (unpaired) electrons. The molecular weight excluding hydrogens is 718 g/mol. The fourth-order valence-electron chi connectivity index (χ4n) is 10.1. The van der Waals surface area contributed by atoms with E-state index in [4.69, 9.17) is 16.3 Å². The van der Waals surface area contributed by atoms with Gasteiger partial charge in [0.15, 0.2) is 0 Å². The molecule has 1 spiro atoms. The van der Waals surface area contributed by atoms with Gasteiger partial charge in [0, 0.05) is 34.7 Å². The molecule has 7 nitrogen and oxygen atoms in total. The number of nitrogens with one attached hydrogen (secondary N) is 2. The Labute approximate surface area is 338 Å². The summed E-state index contributed by atoms with van der Waals surface area (Å²) in [6, 6.07) is 26.6. The van der Waals surface area contributed by atoms with Gasteiger partial charge in [0.25, 0.3) is 0 Å². The van der Waals surface area contributed by atoms with E-state index in [1.807, 2.05) is 24.4 Å². The number of aliphatic carboxylic acids is 1. The highest BCUT2D eigenvalue weighted by molar-refractivity contribution is 6.30. The van der Waals surface area contributed by atoms with Crippen LogP contribution in [0.2, 0.25) is 5.02 Å². The van der Waals surface area contributed by atoms with Crippen LogP contribution in [0.15, 0.2) is 85.1 Å². The molecule has 0 unspecified atom stereocenters. The second kappa shape index (κ2) is 18.1. The Morgan fingerprint density at radius 1 is 1.00 bits per heavy atom. The Kier molecular flexibility index (Phi) is 13.0. The lowest BCUT2D eigenvalue weighted by molar-refractivity contribution is -0.144. The van der Waals surface area contributed by atoms with Crippen molar-refractivity contribution < 1.29 is 19.7 Å². The minimum absolute atomic E-state index is 0.190. The third-order valence-corrected chi connectivity index (χ3v) is 13.4. The van der Waals surface area contributed by atoms with E-state index in [0.717, 1.165) is 81.3 Å². The van der Waals surface area contributed by atoms with Crippen molar-refractivity contribution in [1.82, 2.24) is 10.3 Å². The van der Waals surface area contributed by atoms with Crippen molar-refractivity contribution in [2.75, 3.05) is 25.0 Å². The molecule has 0 aliphatic heterocycles. The van der Waals surface area contributed by atoms with Crippen LogP contribution in [-0.2, 0) is 29.5 Å². The number of aryl methyl sites for hydroxylation is 2. The third-order valence-electron chi connectivity index (χ3n) is 13.2. The second-order valence-corrected chi connectivity index (χ2v) is 17.6. The number of nitrogens with zero attached hydrogens (tertiary/aromatic N) is 1. The third kappa shape index (κ3) is 9.11. The first-order valence-corrected chi connectivity index (χ1v) is 21.5. The zero-order chi connectivity index (χ0) is 39.1. The number of hydrogen-bond donors (Lipinski definition) is 4. The number of benzene rings is 3. The molecule has 298 valence electrons. The van der Waals surface area contributed by atoms with Crippen LogP contribution in [0.5, 0.6) is 5.75 Å². The Morgan fingerprint density at radius 2 is 1.82 bits per heavy atom. The maximum absolute atomic E-state index is 13.1. The maximum Gasteiger partial charge on any atom is 0.329 e. The van der Waals surface area contributed by atoms with E-state index in [1.54, 1.807) is 12.1 Å². The number of carboxylic acids is 1. The highest BCUT2D eigenvalue weighted by atomic mass is 35.5. The van der Waals surface area contributed by atoms with E-state index in [2.05, 4.69) is 78.0 Å². The van der Waals surface area contributed by atoms with E-state index in [-0.39, 0.29) is 5.41 Å². The average Bonchev–Trinajstić information content (AvgIpc) is 3.48. The SMILES string of the molecule is C[C@@H](COc1ccnc2c1[C@H](C)CCC2)C[C@H]1Cc2ccc([C@@H](O)CNCCCCCc3ccccc3)cc2C12CCC(Nc1cccc(Cl)c1)(C(=O)O)CC2. The zero-order valence-corrected chi connectivity index (χ0v) is 34.0. The van der Waals surface area contributed by atoms with E-state index in [1.165, 1.54) is 40.8 Å². The van der Waals surface area contributed by atoms with Crippen molar-refractivity contribution in [3.63, 3.8) is 0 Å². The van der Waals surface area contributed by atoms with Crippen molar-refractivity contribution in [2.45, 2.75) is 120 Å². The second-order valence-electron chi connectivity index (χ2n) is 17.1. The van der Waals surface area contributed by atoms with Crippen molar-refractivity contribution >= 4 is 23.3 Å². The van der Waals surface area contributed by atoms with Crippen LogP contribution in [0.3, 0.4) is 0 Å². The number of aliphatic hydroxyl groups excluding tert-OH is 1. The van der Waals surface area contributed by atoms with Crippen LogP contribution < -0.4 is 15.4 Å². The number of unbranched alkanes of at least 4 members (excludes halogenated alkanes) is 2. The molecule has 0 saturated heterocycles. The molecular formula is C48H60ClN3O4. The van der Waals surface area contributed by atoms with Gasteiger partial charge in [-0.05, 0) is 153 Å². The van der Waals surface area contributed by atoms with E-state index in [9.17, 15) is 15.0 Å². The zero-order valence-electron chi connectivity index (χ0n) is 33.2. The van der Waals surface area contributed by atoms with Crippen LogP contribution in [0.25, 0.3) is 0 Å². The first-order chi connectivity index (χ1) is 27.2. The number of fused-ring (bicyclic) bond motifs is 3. The Hall–Kier alpha value is -3.91. The lowest BCUT2D eigenvalue weighted by Gasteiger charge is -2.47. The van der Waals surface area contributed by atoms with E-state index in [0.29, 0.717) is 48.8 Å². The monoisotopic (exact) mass is 777 g/mol. The number of hydrogen-bond acceptors (Lipinski definition) is 6. The number of carbonyl (C=O) groups is 1. The Balaban J connectivity index is 1.04. The van der Waals surface area contributed by atoms with Crippen molar-refractivity contribution in [2.24, 2.45) is 11.8 Å². The van der Waals surface area contributed by atoms with Gasteiger partial charge in [-0.2, -0.15) is 0 Å². The van der Waals surface area contributed by atoms with Gasteiger partial charge in [0.05, 0.1) is 12.7 Å². The molecule has 7 rings (SSSR count). The predicted octanol–water partition coefficient (Wildman–Crippen LogP) is 10.2. The van der Waals surface area contributed by atoms with Gasteiger partial charge in [0.1, 0.15) is 11.3 Å². The highest BCUT2D eigenvalue weighted by Crippen LogP contribution is 2.56. The summed E-state index contributed by atoms with van der Waals surface area (Å²) in [5, 5.41) is 29.6. The molecule has 1 aromatic heterocycles. The lowest BCUT2D eigenvalue weighted by Crippen LogP contribution is -2.53. The molecule has 3 aliphatic rings. The minimum atomic E-state index is -1.09. The number of pyridine rings is 1. The molecule has 4 atom stereocenters. The summed E-state index contributed by atoms with van der Waals surface area (Å²) in [5.74, 6) is 1.24. The summed E-state index contributed by atoms with van der Waals surface area (Å²) in [6.07, 6.45) is 13.5. The van der Waals surface area contributed by atoms with Crippen molar-refractivity contribution in [3.8, 4) is 5.75 Å². The van der Waals surface area contributed by atoms with Crippen LogP contribution in [-0.4, -0.2) is 46.4 Å². The van der Waals surface area contributed by atoms with Crippen molar-refractivity contribution in [3.05, 3.63) is 124 Å². The number of aromatic nitrogens is 1. The molecule has 0 amide bonds. The summed E-state index contributed by atoms with van der Waals surface area (Å²) in [5.41, 5.74) is 6.86. The van der Waals surface area contributed by atoms with Crippen LogP contribution >= 0.6 is 11.6 Å². The molecule has 8 heteroatoms. The normalized spacial score (nSPS) is 23.9. The van der Waals surface area contributed by atoms with E-state index < -0.39 is 17.6 Å². The fourth-order valence-corrected chi connectivity index (χ4v) is 10.3. The smallest absolute Gasteiger partial charge is 0.329 e. The predicted molar refractivity (Wildman–Crippen MR) is 226 cm³/mol. The van der Waals surface area contributed by atoms with E-state index >= 15 is 0 Å². The van der Waals surface area contributed by atoms with Crippen LogP contribution in [0.4, 0.5) is 5.69 Å². The topological polar surface area (TPSA) is 104 Å². The number of anilines is 1. The number of carboxylic acid groups (broad SMARTS) is 1. The number of halogens is 1. The minimum Gasteiger partial charge on any atom is -0.493 e. The molecule has 4 N–H and O–H groups in total. The largest absolute Gasteiger partial charge is 0.493 e. The average molecular weight is 778 g/mol. The standard InChI is InChI=1S/C48H60ClN3O4/c1-33(32-56-44-20-26-51-42-17-9-11-34(2)45(42)44)27-38-28-36-18-19-37(43(53)31-50-25-8-4-7-14-35-12-5-3-6-13-35)29-41(36)47(38)21-23-48(24-22-47,46(54)55)52-40-16-10-15-39(49)30-40/h3,5-6,10,12-13,15-16,18-20,26,29-30,33-34,38,43,50,52-53H,4,7-9,11,14,17,21-25,27-28,31-32H2,1-2H3,(H,54,55)/t33-,34-,38+,43+,47?,48?/m1/s1. The summed E-state index contributed by atoms with van der Waals surface area (Å²) < 4.78 is 6.60. The maximum atomic E-state index is 13.1. The first-order valence-electron chi connectivity index (χ1n) is 21.1. The number of ether oxygens (including phenoxy) is 1. The molecule has 1 heterocycles. The summed E-state index contributed by atoms with van der Waals surface area (Å²) in [4.78, 5) is 17.7. The van der Waals surface area contributed by atoms with Crippen LogP contribution in [0.1, 0.15) is 124 Å². The van der Waals surface area contributed by atoms with Gasteiger partial charge in [0.2, 0.25) is 0 Å². The molecule has 3 aromatic carbocycles. The van der Waals surface area contributed by atoms with Gasteiger partial charge >= 0.3 is 5.97 Å². The Morgan fingerprint density at radius 3 is 2.61 bits per heavy atom. The molecule has 1 fully saturated rings. The molecule has 56 heavy (non-hydrogen) atoms. The van der Waals surface area contributed by atoms with Gasteiger partial charge in [-0.15, -0.1) is 0 Å². The molecule has 1 saturated carbocycles. The quantitative estimate of drug-likeness (QED) is 0.0792. The van der Waals surface area contributed by atoms with Gasteiger partial charge in [-0.1, -0.05) is 86.5 Å². The van der Waals surface area contributed by atoms with Gasteiger partial charge in [-0.3, -0.25) is 4.98 Å². The number of rotatable bonds is 17. The highest BCUT2D eigenvalue weighted by Gasteiger charge is 2.54. The Bertz CT molecular complexity index is 1930. The molecule has 3 aliphatic carbocycles. The first kappa shape index (κ1) is 40.3. The molecule has 4 aromatic rings. The molecule has 0 bridgehead atoms. The fraction of sp³-hybridized carbons (Fsp3) is 0.500. The number of aliphatic hydroxyl groups is 1. The summed E-state index contributed by atoms with van der Waals surface area (Å²) in [7, 11) is 0. The summed E-state index contributed by atoms with van der Waals surface area (Å²) >= 11 is 6.31. The van der Waals surface area contributed by atoms with Gasteiger partial charge < -0.3 is 25.6 Å². The summed E-state index contributed by atoms with van der Waals surface area (Å²) in [6.45, 7) is 6.59. The van der Waals surface area contributed by atoms with Crippen molar-refractivity contribution in [1.29, 1.82) is 0 Å². The van der Waals surface area contributed by atoms with Gasteiger partial charge in [-0.25, -0.2) is 4.79 Å². The lowest BCUT2D eigenvalue weighted by atomic mass is 9.59. The van der Waals surface area contributed by atoms with Crippen LogP contribution in [0, 0.1) is 11.8 Å².